The highest BCUT2D eigenvalue weighted by Crippen LogP contribution is 2.28. The summed E-state index contributed by atoms with van der Waals surface area (Å²) in [5.41, 5.74) is 1.26. The van der Waals surface area contributed by atoms with E-state index in [4.69, 9.17) is 11.6 Å². The first-order valence-electron chi connectivity index (χ1n) is 7.50. The van der Waals surface area contributed by atoms with Crippen molar-refractivity contribution < 1.29 is 9.18 Å². The van der Waals surface area contributed by atoms with E-state index in [9.17, 15) is 9.18 Å². The molecular formula is C16H16ClFN6O. The molecule has 25 heavy (non-hydrogen) atoms. The van der Waals surface area contributed by atoms with E-state index < -0.39 is 11.9 Å². The van der Waals surface area contributed by atoms with Gasteiger partial charge in [-0.2, -0.15) is 0 Å². The third-order valence-corrected chi connectivity index (χ3v) is 3.85. The van der Waals surface area contributed by atoms with Gasteiger partial charge in [-0.1, -0.05) is 11.6 Å². The van der Waals surface area contributed by atoms with Crippen LogP contribution in [0.1, 0.15) is 6.92 Å². The SMILES string of the molecule is C[C@H](Nc1nc(-c2c[nH]c3ncc(Cl)cc23)ncc1F)C(=O)N(C)C. The maximum absolute atomic E-state index is 14.1. The van der Waals surface area contributed by atoms with Crippen LogP contribution < -0.4 is 5.32 Å². The fourth-order valence-electron chi connectivity index (χ4n) is 2.42. The molecule has 0 aliphatic carbocycles. The number of H-pyrrole nitrogens is 1. The molecule has 0 aliphatic rings. The number of halogens is 2. The zero-order valence-corrected chi connectivity index (χ0v) is 14.6. The molecule has 0 saturated carbocycles. The maximum atomic E-state index is 14.1. The molecule has 0 aromatic carbocycles. The number of anilines is 1. The van der Waals surface area contributed by atoms with Crippen LogP contribution in [-0.2, 0) is 4.79 Å². The number of nitrogens with zero attached hydrogens (tertiary/aromatic N) is 4. The van der Waals surface area contributed by atoms with Crippen LogP contribution in [0, 0.1) is 5.82 Å². The van der Waals surface area contributed by atoms with Gasteiger partial charge >= 0.3 is 0 Å². The average Bonchev–Trinajstić information content (AvgIpc) is 2.99. The number of hydrogen-bond acceptors (Lipinski definition) is 5. The summed E-state index contributed by atoms with van der Waals surface area (Å²) in [6.45, 7) is 1.64. The lowest BCUT2D eigenvalue weighted by Gasteiger charge is -2.18. The van der Waals surface area contributed by atoms with Gasteiger partial charge in [-0.3, -0.25) is 4.79 Å². The smallest absolute Gasteiger partial charge is 0.244 e. The van der Waals surface area contributed by atoms with Crippen LogP contribution in [0.2, 0.25) is 5.02 Å². The highest BCUT2D eigenvalue weighted by atomic mass is 35.5. The Morgan fingerprint density at radius 1 is 1.36 bits per heavy atom. The molecule has 0 bridgehead atoms. The van der Waals surface area contributed by atoms with Crippen LogP contribution in [0.4, 0.5) is 10.2 Å². The Morgan fingerprint density at radius 3 is 2.84 bits per heavy atom. The minimum Gasteiger partial charge on any atom is -0.356 e. The van der Waals surface area contributed by atoms with E-state index in [0.29, 0.717) is 22.1 Å². The topological polar surface area (TPSA) is 86.8 Å². The van der Waals surface area contributed by atoms with Crippen LogP contribution >= 0.6 is 11.6 Å². The Morgan fingerprint density at radius 2 is 2.12 bits per heavy atom. The molecule has 2 N–H and O–H groups in total. The van der Waals surface area contributed by atoms with Gasteiger partial charge < -0.3 is 15.2 Å². The van der Waals surface area contributed by atoms with Crippen molar-refractivity contribution in [3.05, 3.63) is 35.5 Å². The van der Waals surface area contributed by atoms with Crippen molar-refractivity contribution in [1.29, 1.82) is 0 Å². The highest BCUT2D eigenvalue weighted by molar-refractivity contribution is 6.31. The van der Waals surface area contributed by atoms with E-state index in [2.05, 4.69) is 25.3 Å². The first-order valence-corrected chi connectivity index (χ1v) is 7.88. The van der Waals surface area contributed by atoms with Gasteiger partial charge in [0.15, 0.2) is 17.5 Å². The van der Waals surface area contributed by atoms with Crippen molar-refractivity contribution in [3.8, 4) is 11.4 Å². The van der Waals surface area contributed by atoms with Gasteiger partial charge in [-0.15, -0.1) is 0 Å². The number of aromatic amines is 1. The lowest BCUT2D eigenvalue weighted by Crippen LogP contribution is -2.37. The van der Waals surface area contributed by atoms with E-state index >= 15 is 0 Å². The largest absolute Gasteiger partial charge is 0.356 e. The van der Waals surface area contributed by atoms with Crippen molar-refractivity contribution in [3.63, 3.8) is 0 Å². The fourth-order valence-corrected chi connectivity index (χ4v) is 2.57. The lowest BCUT2D eigenvalue weighted by atomic mass is 10.2. The summed E-state index contributed by atoms with van der Waals surface area (Å²) in [5.74, 6) is -0.582. The molecule has 1 amide bonds. The first kappa shape index (κ1) is 17.1. The predicted octanol–water partition coefficient (Wildman–Crippen LogP) is 2.70. The molecule has 0 radical (unpaired) electrons. The summed E-state index contributed by atoms with van der Waals surface area (Å²) >= 11 is 5.99. The molecular weight excluding hydrogens is 347 g/mol. The minimum absolute atomic E-state index is 0.0444. The Labute approximate surface area is 148 Å². The van der Waals surface area contributed by atoms with E-state index in [1.807, 2.05) is 0 Å². The van der Waals surface area contributed by atoms with Crippen molar-refractivity contribution in [1.82, 2.24) is 24.8 Å². The van der Waals surface area contributed by atoms with E-state index in [1.165, 1.54) is 11.1 Å². The molecule has 7 nitrogen and oxygen atoms in total. The van der Waals surface area contributed by atoms with Crippen molar-refractivity contribution in [2.75, 3.05) is 19.4 Å². The summed E-state index contributed by atoms with van der Waals surface area (Å²) < 4.78 is 14.1. The predicted molar refractivity (Wildman–Crippen MR) is 93.9 cm³/mol. The van der Waals surface area contributed by atoms with Gasteiger partial charge in [0.1, 0.15) is 11.7 Å². The lowest BCUT2D eigenvalue weighted by molar-refractivity contribution is -0.129. The number of carbonyl (C=O) groups is 1. The quantitative estimate of drug-likeness (QED) is 0.745. The number of rotatable bonds is 4. The number of hydrogen-bond donors (Lipinski definition) is 2. The molecule has 9 heteroatoms. The zero-order valence-electron chi connectivity index (χ0n) is 13.8. The van der Waals surface area contributed by atoms with Gasteiger partial charge in [0.05, 0.1) is 11.2 Å². The molecule has 0 fully saturated rings. The van der Waals surface area contributed by atoms with E-state index in [-0.39, 0.29) is 11.7 Å². The molecule has 130 valence electrons. The molecule has 1 atom stereocenters. The van der Waals surface area contributed by atoms with Crippen LogP contribution in [0.5, 0.6) is 0 Å². The number of amides is 1. The monoisotopic (exact) mass is 362 g/mol. The Bertz CT molecular complexity index is 942. The molecule has 3 rings (SSSR count). The third kappa shape index (κ3) is 3.39. The van der Waals surface area contributed by atoms with Crippen molar-refractivity contribution >= 4 is 34.4 Å². The average molecular weight is 363 g/mol. The van der Waals surface area contributed by atoms with Crippen LogP contribution in [0.25, 0.3) is 22.4 Å². The summed E-state index contributed by atoms with van der Waals surface area (Å²) in [4.78, 5) is 28.8. The van der Waals surface area contributed by atoms with E-state index in [0.717, 1.165) is 11.6 Å². The molecule has 0 aliphatic heterocycles. The Kier molecular flexibility index (Phi) is 4.54. The minimum atomic E-state index is -0.641. The molecule has 0 unspecified atom stereocenters. The summed E-state index contributed by atoms with van der Waals surface area (Å²) in [7, 11) is 3.26. The number of fused-ring (bicyclic) bond motifs is 1. The van der Waals surface area contributed by atoms with Crippen LogP contribution in [0.15, 0.2) is 24.7 Å². The third-order valence-electron chi connectivity index (χ3n) is 3.65. The normalized spacial score (nSPS) is 12.2. The second kappa shape index (κ2) is 6.64. The second-order valence-electron chi connectivity index (χ2n) is 5.74. The zero-order chi connectivity index (χ0) is 18.1. The maximum Gasteiger partial charge on any atom is 0.244 e. The number of carbonyl (C=O) groups excluding carboxylic acids is 1. The van der Waals surface area contributed by atoms with E-state index in [1.54, 1.807) is 33.3 Å². The second-order valence-corrected chi connectivity index (χ2v) is 6.18. The summed E-state index contributed by atoms with van der Waals surface area (Å²) in [5, 5.41) is 3.98. The number of nitrogens with one attached hydrogen (secondary N) is 2. The molecule has 0 saturated heterocycles. The number of likely N-dealkylation sites (N-methyl/N-ethyl adjacent to an activating group) is 1. The molecule has 3 heterocycles. The van der Waals surface area contributed by atoms with Crippen molar-refractivity contribution in [2.24, 2.45) is 0 Å². The van der Waals surface area contributed by atoms with Crippen LogP contribution in [-0.4, -0.2) is 50.9 Å². The van der Waals surface area contributed by atoms with Gasteiger partial charge in [0.2, 0.25) is 5.91 Å². The van der Waals surface area contributed by atoms with Gasteiger partial charge in [0.25, 0.3) is 0 Å². The van der Waals surface area contributed by atoms with Gasteiger partial charge in [-0.25, -0.2) is 19.3 Å². The highest BCUT2D eigenvalue weighted by Gasteiger charge is 2.19. The Hall–Kier alpha value is -2.74. The number of pyridine rings is 1. The summed E-state index contributed by atoms with van der Waals surface area (Å²) in [6, 6.07) is 1.10. The van der Waals surface area contributed by atoms with Gasteiger partial charge in [0, 0.05) is 37.4 Å². The first-order chi connectivity index (χ1) is 11.9. The molecule has 3 aromatic rings. The molecule has 3 aromatic heterocycles. The molecule has 0 spiro atoms. The van der Waals surface area contributed by atoms with Gasteiger partial charge in [-0.05, 0) is 13.0 Å². The van der Waals surface area contributed by atoms with Crippen molar-refractivity contribution in [2.45, 2.75) is 13.0 Å². The summed E-state index contributed by atoms with van der Waals surface area (Å²) in [6.07, 6.45) is 4.27. The fraction of sp³-hybridized carbons (Fsp3) is 0.250. The number of aromatic nitrogens is 4. The standard InChI is InChI=1S/C16H16ClFN6O/c1-8(16(25)24(2)3)22-15-12(18)7-21-14(23-15)11-6-20-13-10(11)4-9(17)5-19-13/h4-8H,1-3H3,(H,19,20)(H,21,22,23)/t8-/m0/s1. The Balaban J connectivity index is 1.98. The van der Waals surface area contributed by atoms with Crippen LogP contribution in [0.3, 0.4) is 0 Å².